The SMILES string of the molecule is Clc1cc(-c2cccc3c4ccccc4n(-c4ccccc4)c23)cc(-c2cccc3c4ccccc4n(-c4ccccc4)c23)c1.Clc1cc(Br)cc(Br)c1.OB(O)c1cccc2c3ccccc3n(-c3ccccc3)c12.OB(O)c1ccccc1.c1ccc(-c2cc(-c3cccc4c5ccccc5n(-c5ccccc5)c34)cc(-c3cccc4c5ccccc5n(-c5ccccc5)c34)c2)cc1. The number of fused-ring (bicyclic) bond motifs is 15. The van der Waals surface area contributed by atoms with E-state index in [-0.39, 0.29) is 0 Å². The third-order valence-corrected chi connectivity index (χ3v) is 26.3. The molecule has 0 amide bonds. The minimum Gasteiger partial charge on any atom is -0.423 e. The van der Waals surface area contributed by atoms with Gasteiger partial charge in [0.2, 0.25) is 0 Å². The van der Waals surface area contributed by atoms with Gasteiger partial charge in [0.15, 0.2) is 0 Å². The summed E-state index contributed by atoms with van der Waals surface area (Å²) in [4.78, 5) is 0. The molecule has 0 unspecified atom stereocenters. The van der Waals surface area contributed by atoms with Crippen molar-refractivity contribution in [3.8, 4) is 84.1 Å². The first-order valence-electron chi connectivity index (χ1n) is 44.6. The molecule has 0 aliphatic carbocycles. The summed E-state index contributed by atoms with van der Waals surface area (Å²) in [6.07, 6.45) is 0. The molecule has 0 aliphatic rings. The smallest absolute Gasteiger partial charge is 0.423 e. The quantitative estimate of drug-likeness (QED) is 0.0915. The van der Waals surface area contributed by atoms with Crippen molar-refractivity contribution in [2.24, 2.45) is 0 Å². The molecule has 0 radical (unpaired) electrons. The number of halogens is 4. The molecule has 0 bridgehead atoms. The maximum absolute atomic E-state index is 9.76. The Labute approximate surface area is 807 Å². The van der Waals surface area contributed by atoms with E-state index < -0.39 is 14.2 Å². The Bertz CT molecular complexity index is 8280. The van der Waals surface area contributed by atoms with E-state index in [1.165, 1.54) is 121 Å². The number of rotatable bonds is 12. The molecule has 0 atom stereocenters. The first-order valence-corrected chi connectivity index (χ1v) is 47.0. The summed E-state index contributed by atoms with van der Waals surface area (Å²) >= 11 is 19.3. The van der Waals surface area contributed by atoms with Crippen LogP contribution in [0.5, 0.6) is 0 Å². The predicted molar refractivity (Wildman–Crippen MR) is 576 cm³/mol. The summed E-state index contributed by atoms with van der Waals surface area (Å²) in [6, 6.07) is 167. The Morgan fingerprint density at radius 2 is 0.415 bits per heavy atom. The van der Waals surface area contributed by atoms with E-state index in [2.05, 4.69) is 425 Å². The Hall–Kier alpha value is -15.1. The van der Waals surface area contributed by atoms with Gasteiger partial charge in [-0.3, -0.25) is 0 Å². The zero-order valence-corrected chi connectivity index (χ0v) is 77.5. The highest BCUT2D eigenvalue weighted by Gasteiger charge is 2.26. The molecule has 4 N–H and O–H groups in total. The molecular weight excluding hydrogens is 1830 g/mol. The minimum absolute atomic E-state index is 0.512. The van der Waals surface area contributed by atoms with E-state index in [1.54, 1.807) is 30.3 Å². The normalized spacial score (nSPS) is 11.3. The number of para-hydroxylation sites is 15. The highest BCUT2D eigenvalue weighted by atomic mass is 79.9. The topological polar surface area (TPSA) is 106 Å². The van der Waals surface area contributed by atoms with Gasteiger partial charge in [-0.2, -0.15) is 0 Å². The van der Waals surface area contributed by atoms with Crippen LogP contribution in [0.25, 0.3) is 193 Å². The number of hydrogen-bond acceptors (Lipinski definition) is 4. The highest BCUT2D eigenvalue weighted by molar-refractivity contribution is 9.11. The maximum atomic E-state index is 9.76. The second kappa shape index (κ2) is 38.2. The first-order chi connectivity index (χ1) is 66.3. The van der Waals surface area contributed by atoms with Crippen LogP contribution >= 0.6 is 55.1 Å². The monoisotopic (exact) mass is 1910 g/mol. The zero-order valence-electron chi connectivity index (χ0n) is 72.8. The third kappa shape index (κ3) is 16.9. The van der Waals surface area contributed by atoms with Crippen molar-refractivity contribution in [2.75, 3.05) is 0 Å². The van der Waals surface area contributed by atoms with Crippen LogP contribution in [0.2, 0.25) is 10.0 Å². The van der Waals surface area contributed by atoms with Crippen molar-refractivity contribution in [3.05, 3.63) is 498 Å². The summed E-state index contributed by atoms with van der Waals surface area (Å²) in [5.41, 5.74) is 29.7. The largest absolute Gasteiger partial charge is 0.490 e. The Morgan fingerprint density at radius 3 is 0.696 bits per heavy atom. The lowest BCUT2D eigenvalue weighted by Crippen LogP contribution is -2.31. The van der Waals surface area contributed by atoms with E-state index in [0.717, 1.165) is 86.5 Å². The molecule has 0 fully saturated rings. The lowest BCUT2D eigenvalue weighted by molar-refractivity contribution is 0.424. The Morgan fingerprint density at radius 1 is 0.185 bits per heavy atom. The van der Waals surface area contributed by atoms with Gasteiger partial charge in [0.05, 0.1) is 55.2 Å². The number of benzene rings is 20. The van der Waals surface area contributed by atoms with Gasteiger partial charge in [0.1, 0.15) is 0 Å². The van der Waals surface area contributed by atoms with Crippen LogP contribution in [0.4, 0.5) is 0 Å². The van der Waals surface area contributed by atoms with Crippen LogP contribution in [0.3, 0.4) is 0 Å². The van der Waals surface area contributed by atoms with Gasteiger partial charge in [-0.1, -0.05) is 389 Å². The Kier molecular flexibility index (Phi) is 24.5. The summed E-state index contributed by atoms with van der Waals surface area (Å²) in [5, 5.41) is 50.2. The van der Waals surface area contributed by atoms with Gasteiger partial charge in [-0.05, 0) is 184 Å². The van der Waals surface area contributed by atoms with E-state index in [0.29, 0.717) is 15.9 Å². The second-order valence-corrected chi connectivity index (χ2v) is 35.8. The zero-order chi connectivity index (χ0) is 91.6. The first kappa shape index (κ1) is 86.6. The van der Waals surface area contributed by atoms with Crippen molar-refractivity contribution < 1.29 is 20.1 Å². The molecule has 20 aromatic carbocycles. The van der Waals surface area contributed by atoms with Gasteiger partial charge in [-0.25, -0.2) is 0 Å². The number of aromatic nitrogens is 5. The second-order valence-electron chi connectivity index (χ2n) is 33.1. The molecule has 25 rings (SSSR count). The summed E-state index contributed by atoms with van der Waals surface area (Å²) in [6.45, 7) is 0. The Balaban J connectivity index is 0.000000116. The highest BCUT2D eigenvalue weighted by Crippen LogP contribution is 2.47. The lowest BCUT2D eigenvalue weighted by atomic mass is 9.79. The fourth-order valence-corrected chi connectivity index (χ4v) is 21.3. The fraction of sp³-hybridized carbons (Fsp3) is 0. The molecule has 0 spiro atoms. The van der Waals surface area contributed by atoms with Crippen LogP contribution in [-0.2, 0) is 0 Å². The van der Waals surface area contributed by atoms with Crippen LogP contribution in [0.15, 0.2) is 488 Å². The van der Waals surface area contributed by atoms with E-state index in [4.69, 9.17) is 33.2 Å². The number of hydrogen-bond donors (Lipinski definition) is 4. The van der Waals surface area contributed by atoms with Crippen LogP contribution in [0, 0.1) is 0 Å². The van der Waals surface area contributed by atoms with Crippen LogP contribution in [-0.4, -0.2) is 57.2 Å². The van der Waals surface area contributed by atoms with Gasteiger partial charge in [0, 0.05) is 129 Å². The van der Waals surface area contributed by atoms with Crippen molar-refractivity contribution in [3.63, 3.8) is 0 Å². The molecule has 5 aromatic heterocycles. The standard InChI is InChI=1S/C48H32N2.C42H27ClN2.C18H14BNO2.C6H7BO2.C6H3Br2Cl/c1-4-16-33(17-5-1)34-30-35(39-24-14-26-43-41-22-10-12-28-45(41)49(47(39)43)37-18-6-2-7-19-37)32-36(31-34)40-25-15-27-44-42-23-11-13-29-46(42)50(48(40)44)38-20-8-3-9-21-38;43-30-26-28(33-19-11-21-37-35-17-7-9-23-39(35)44(41(33)37)31-13-3-1-4-14-31)25-29(27-30)34-20-12-22-38-36-18-8-10-24-40(36)45(42(34)38)32-15-5-2-6-16-32;21-19(22)16-11-6-10-15-14-9-4-5-12-17(14)20(18(15)16)13-7-2-1-3-8-13;8-7(9)6-4-2-1-3-5-6;7-4-1-5(8)3-6(9)2-4/h1-32H;1-27H;1-12,21-22H;1-5,8-9H;1-3H. The number of nitrogens with zero attached hydrogens (tertiary/aromatic N) is 5. The summed E-state index contributed by atoms with van der Waals surface area (Å²) in [7, 11) is -2.85. The fourth-order valence-electron chi connectivity index (χ4n) is 19.3. The predicted octanol–water partition coefficient (Wildman–Crippen LogP) is 30.4. The molecule has 5 heterocycles. The van der Waals surface area contributed by atoms with Crippen molar-refractivity contribution in [2.45, 2.75) is 0 Å². The van der Waals surface area contributed by atoms with Gasteiger partial charge in [-0.15, -0.1) is 0 Å². The molecular formula is C120H83B2Br2Cl2N5O4. The van der Waals surface area contributed by atoms with Crippen molar-refractivity contribution in [1.29, 1.82) is 0 Å². The molecule has 15 heteroatoms. The molecule has 0 saturated heterocycles. The van der Waals surface area contributed by atoms with Crippen molar-refractivity contribution >= 4 is 189 Å². The van der Waals surface area contributed by atoms with Gasteiger partial charge < -0.3 is 42.9 Å². The van der Waals surface area contributed by atoms with E-state index in [9.17, 15) is 10.0 Å². The van der Waals surface area contributed by atoms with Crippen molar-refractivity contribution in [1.82, 2.24) is 22.8 Å². The van der Waals surface area contributed by atoms with E-state index >= 15 is 0 Å². The third-order valence-electron chi connectivity index (χ3n) is 25.0. The molecule has 25 aromatic rings. The molecule has 135 heavy (non-hydrogen) atoms. The molecule has 0 saturated carbocycles. The molecule has 646 valence electrons. The maximum Gasteiger partial charge on any atom is 0.490 e. The van der Waals surface area contributed by atoms with Gasteiger partial charge >= 0.3 is 14.2 Å². The summed E-state index contributed by atoms with van der Waals surface area (Å²) < 4.78 is 13.7. The van der Waals surface area contributed by atoms with Crippen LogP contribution < -0.4 is 10.9 Å². The van der Waals surface area contributed by atoms with Crippen LogP contribution in [0.1, 0.15) is 0 Å². The summed E-state index contributed by atoms with van der Waals surface area (Å²) in [5.74, 6) is 0. The molecule has 9 nitrogen and oxygen atoms in total. The molecule has 0 aliphatic heterocycles. The lowest BCUT2D eigenvalue weighted by Gasteiger charge is -2.16. The van der Waals surface area contributed by atoms with Gasteiger partial charge in [0.25, 0.3) is 0 Å². The average Bonchev–Trinajstić information content (AvgIpc) is 1.60. The average molecular weight is 1910 g/mol. The minimum atomic E-state index is -1.50. The van der Waals surface area contributed by atoms with E-state index in [1.807, 2.05) is 78.9 Å².